The second kappa shape index (κ2) is 5.14. The molecule has 0 radical (unpaired) electrons. The number of carbonyl (C=O) groups excluding carboxylic acids is 1. The van der Waals surface area contributed by atoms with Crippen LogP contribution in [0.25, 0.3) is 0 Å². The lowest BCUT2D eigenvalue weighted by Gasteiger charge is -1.95. The molecule has 5 nitrogen and oxygen atoms in total. The maximum Gasteiger partial charge on any atom is 0.351 e. The van der Waals surface area contributed by atoms with Crippen molar-refractivity contribution < 1.29 is 19.4 Å². The van der Waals surface area contributed by atoms with Crippen LogP contribution in [0.15, 0.2) is 0 Å². The van der Waals surface area contributed by atoms with Gasteiger partial charge in [0.15, 0.2) is 10.0 Å². The molecular weight excluding hydrogens is 230 g/mol. The standard InChI is InChI=1S/C7H8ClNO4S/c1-12-6(11)4-5(8)9-7(14-4)13-3-2-10/h10H,2-3H2,1H3. The summed E-state index contributed by atoms with van der Waals surface area (Å²) < 4.78 is 9.45. The van der Waals surface area contributed by atoms with Crippen LogP contribution in [0, 0.1) is 0 Å². The molecule has 1 rings (SSSR count). The van der Waals surface area contributed by atoms with Crippen molar-refractivity contribution in [3.63, 3.8) is 0 Å². The molecule has 1 N–H and O–H groups in total. The number of carbonyl (C=O) groups is 1. The zero-order valence-electron chi connectivity index (χ0n) is 7.32. The van der Waals surface area contributed by atoms with Crippen LogP contribution in [-0.4, -0.2) is 36.4 Å². The minimum Gasteiger partial charge on any atom is -0.468 e. The van der Waals surface area contributed by atoms with Crippen LogP contribution in [0.4, 0.5) is 0 Å². The minimum absolute atomic E-state index is 0.0507. The second-order valence-electron chi connectivity index (χ2n) is 2.16. The molecule has 1 heterocycles. The Balaban J connectivity index is 2.77. The number of hydrogen-bond acceptors (Lipinski definition) is 6. The van der Waals surface area contributed by atoms with E-state index in [0.29, 0.717) is 0 Å². The van der Waals surface area contributed by atoms with Gasteiger partial charge in [-0.1, -0.05) is 22.9 Å². The van der Waals surface area contributed by atoms with Crippen molar-refractivity contribution in [2.75, 3.05) is 20.3 Å². The molecule has 0 aliphatic heterocycles. The first-order valence-corrected chi connectivity index (χ1v) is 4.86. The summed E-state index contributed by atoms with van der Waals surface area (Å²) in [6, 6.07) is 0. The predicted molar refractivity (Wildman–Crippen MR) is 51.0 cm³/mol. The molecule has 0 unspecified atom stereocenters. The van der Waals surface area contributed by atoms with E-state index in [1.54, 1.807) is 0 Å². The first-order chi connectivity index (χ1) is 6.69. The molecule has 1 aromatic rings. The number of aromatic nitrogens is 1. The molecular formula is C7H8ClNO4S. The average Bonchev–Trinajstić information content (AvgIpc) is 2.55. The second-order valence-corrected chi connectivity index (χ2v) is 3.48. The SMILES string of the molecule is COC(=O)c1sc(OCCO)nc1Cl. The van der Waals surface area contributed by atoms with Crippen LogP contribution in [0.1, 0.15) is 9.67 Å². The average molecular weight is 238 g/mol. The molecule has 0 fully saturated rings. The molecule has 7 heteroatoms. The summed E-state index contributed by atoms with van der Waals surface area (Å²) in [6.07, 6.45) is 0. The van der Waals surface area contributed by atoms with Crippen molar-refractivity contribution in [1.82, 2.24) is 4.98 Å². The highest BCUT2D eigenvalue weighted by Crippen LogP contribution is 2.28. The van der Waals surface area contributed by atoms with E-state index in [2.05, 4.69) is 9.72 Å². The third-order valence-corrected chi connectivity index (χ3v) is 2.59. The quantitative estimate of drug-likeness (QED) is 0.790. The number of thiazole rings is 1. The highest BCUT2D eigenvalue weighted by atomic mass is 35.5. The summed E-state index contributed by atoms with van der Waals surface area (Å²) in [7, 11) is 1.26. The van der Waals surface area contributed by atoms with Gasteiger partial charge in [-0.15, -0.1) is 0 Å². The Bertz CT molecular complexity index is 327. The topological polar surface area (TPSA) is 68.7 Å². The fourth-order valence-electron chi connectivity index (χ4n) is 0.696. The summed E-state index contributed by atoms with van der Waals surface area (Å²) in [6.45, 7) is -0.00475. The summed E-state index contributed by atoms with van der Waals surface area (Å²) in [4.78, 5) is 15.0. The van der Waals surface area contributed by atoms with E-state index in [1.807, 2.05) is 0 Å². The maximum absolute atomic E-state index is 11.1. The van der Waals surface area contributed by atoms with Crippen LogP contribution in [0.3, 0.4) is 0 Å². The van der Waals surface area contributed by atoms with Crippen molar-refractivity contribution >= 4 is 28.9 Å². The van der Waals surface area contributed by atoms with E-state index < -0.39 is 5.97 Å². The zero-order chi connectivity index (χ0) is 10.6. The monoisotopic (exact) mass is 237 g/mol. The number of aliphatic hydroxyl groups is 1. The van der Waals surface area contributed by atoms with E-state index in [4.69, 9.17) is 21.4 Å². The molecule has 78 valence electrons. The summed E-state index contributed by atoms with van der Waals surface area (Å²) in [5.41, 5.74) is 0. The minimum atomic E-state index is -0.550. The van der Waals surface area contributed by atoms with Gasteiger partial charge in [0, 0.05) is 0 Å². The van der Waals surface area contributed by atoms with Gasteiger partial charge in [0.1, 0.15) is 6.61 Å². The van der Waals surface area contributed by atoms with Crippen molar-refractivity contribution in [3.05, 3.63) is 10.0 Å². The van der Waals surface area contributed by atoms with Crippen LogP contribution in [0.5, 0.6) is 5.19 Å². The molecule has 0 spiro atoms. The summed E-state index contributed by atoms with van der Waals surface area (Å²) in [5.74, 6) is -0.550. The van der Waals surface area contributed by atoms with E-state index in [-0.39, 0.29) is 28.4 Å². The zero-order valence-corrected chi connectivity index (χ0v) is 8.89. The molecule has 0 amide bonds. The molecule has 0 aliphatic rings. The molecule has 0 saturated heterocycles. The lowest BCUT2D eigenvalue weighted by atomic mass is 10.6. The van der Waals surface area contributed by atoms with Crippen LogP contribution < -0.4 is 4.74 Å². The summed E-state index contributed by atoms with van der Waals surface area (Å²) >= 11 is 6.63. The van der Waals surface area contributed by atoms with E-state index in [9.17, 15) is 4.79 Å². The van der Waals surface area contributed by atoms with Crippen molar-refractivity contribution in [2.24, 2.45) is 0 Å². The van der Waals surface area contributed by atoms with Crippen molar-refractivity contribution in [2.45, 2.75) is 0 Å². The van der Waals surface area contributed by atoms with E-state index >= 15 is 0 Å². The number of nitrogens with zero attached hydrogens (tertiary/aromatic N) is 1. The van der Waals surface area contributed by atoms with Gasteiger partial charge in [0.05, 0.1) is 13.7 Å². The molecule has 0 aromatic carbocycles. The molecule has 14 heavy (non-hydrogen) atoms. The largest absolute Gasteiger partial charge is 0.468 e. The fraction of sp³-hybridized carbons (Fsp3) is 0.429. The number of halogens is 1. The van der Waals surface area contributed by atoms with Crippen LogP contribution in [0.2, 0.25) is 5.15 Å². The number of aliphatic hydroxyl groups excluding tert-OH is 1. The van der Waals surface area contributed by atoms with Gasteiger partial charge in [-0.25, -0.2) is 4.79 Å². The lowest BCUT2D eigenvalue weighted by molar-refractivity contribution is 0.0606. The molecule has 1 aromatic heterocycles. The van der Waals surface area contributed by atoms with Gasteiger partial charge < -0.3 is 14.6 Å². The van der Waals surface area contributed by atoms with Gasteiger partial charge in [-0.05, 0) is 0 Å². The third-order valence-electron chi connectivity index (χ3n) is 1.25. The van der Waals surface area contributed by atoms with Crippen molar-refractivity contribution in [3.8, 4) is 5.19 Å². The Hall–Kier alpha value is -0.850. The van der Waals surface area contributed by atoms with Gasteiger partial charge in [-0.3, -0.25) is 0 Å². The lowest BCUT2D eigenvalue weighted by Crippen LogP contribution is -2.00. The molecule has 0 atom stereocenters. The fourth-order valence-corrected chi connectivity index (χ4v) is 1.77. The molecule has 0 saturated carbocycles. The highest BCUT2D eigenvalue weighted by molar-refractivity contribution is 7.15. The Labute approximate surface area is 89.2 Å². The predicted octanol–water partition coefficient (Wildman–Crippen LogP) is 0.954. The Morgan fingerprint density at radius 2 is 2.43 bits per heavy atom. The Morgan fingerprint density at radius 1 is 1.71 bits per heavy atom. The number of methoxy groups -OCH3 is 1. The van der Waals surface area contributed by atoms with Crippen molar-refractivity contribution in [1.29, 1.82) is 0 Å². The first kappa shape index (κ1) is 11.2. The normalized spacial score (nSPS) is 9.93. The number of ether oxygens (including phenoxy) is 2. The number of esters is 1. The number of rotatable bonds is 4. The van der Waals surface area contributed by atoms with Gasteiger partial charge in [-0.2, -0.15) is 4.98 Å². The summed E-state index contributed by atoms with van der Waals surface area (Å²) in [5, 5.41) is 8.78. The van der Waals surface area contributed by atoms with E-state index in [0.717, 1.165) is 11.3 Å². The van der Waals surface area contributed by atoms with Crippen LogP contribution in [-0.2, 0) is 4.74 Å². The third kappa shape index (κ3) is 2.57. The van der Waals surface area contributed by atoms with Crippen LogP contribution >= 0.6 is 22.9 Å². The molecule has 0 aliphatic carbocycles. The Morgan fingerprint density at radius 3 is 3.00 bits per heavy atom. The van der Waals surface area contributed by atoms with Gasteiger partial charge in [0.25, 0.3) is 5.19 Å². The first-order valence-electron chi connectivity index (χ1n) is 3.67. The Kier molecular flexibility index (Phi) is 4.12. The van der Waals surface area contributed by atoms with Gasteiger partial charge in [0.2, 0.25) is 0 Å². The maximum atomic E-state index is 11.1. The smallest absolute Gasteiger partial charge is 0.351 e. The molecule has 0 bridgehead atoms. The van der Waals surface area contributed by atoms with E-state index in [1.165, 1.54) is 7.11 Å². The number of hydrogen-bond donors (Lipinski definition) is 1. The van der Waals surface area contributed by atoms with Gasteiger partial charge >= 0.3 is 5.97 Å². The highest BCUT2D eigenvalue weighted by Gasteiger charge is 2.17.